The second-order valence-electron chi connectivity index (χ2n) is 6.55. The summed E-state index contributed by atoms with van der Waals surface area (Å²) in [6.45, 7) is 4.39. The summed E-state index contributed by atoms with van der Waals surface area (Å²) in [5.41, 5.74) is 2.52. The summed E-state index contributed by atoms with van der Waals surface area (Å²) in [7, 11) is 0. The van der Waals surface area contributed by atoms with Crippen molar-refractivity contribution in [1.29, 1.82) is 0 Å². The first-order valence-corrected chi connectivity index (χ1v) is 8.69. The Morgan fingerprint density at radius 2 is 2.15 bits per heavy atom. The average Bonchev–Trinajstić information content (AvgIpc) is 3.29. The van der Waals surface area contributed by atoms with Crippen LogP contribution in [0.5, 0.6) is 17.2 Å². The highest BCUT2D eigenvalue weighted by Crippen LogP contribution is 2.42. The largest absolute Gasteiger partial charge is 0.507 e. The van der Waals surface area contributed by atoms with E-state index in [0.717, 1.165) is 17.0 Å². The lowest BCUT2D eigenvalue weighted by Gasteiger charge is -2.18. The minimum absolute atomic E-state index is 0.114. The molecule has 0 fully saturated rings. The van der Waals surface area contributed by atoms with Crippen molar-refractivity contribution in [2.75, 3.05) is 6.61 Å². The van der Waals surface area contributed by atoms with Gasteiger partial charge in [0.1, 0.15) is 23.9 Å². The number of hydrogen-bond donors (Lipinski definition) is 1. The van der Waals surface area contributed by atoms with Crippen LogP contribution >= 0.6 is 0 Å². The van der Waals surface area contributed by atoms with Crippen LogP contribution in [0.25, 0.3) is 11.4 Å². The number of fused-ring (bicyclic) bond motifs is 1. The number of carbonyl (C=O) groups is 1. The van der Waals surface area contributed by atoms with Crippen molar-refractivity contribution in [3.05, 3.63) is 53.9 Å². The van der Waals surface area contributed by atoms with Gasteiger partial charge >= 0.3 is 0 Å². The van der Waals surface area contributed by atoms with Crippen LogP contribution in [0.4, 0.5) is 0 Å². The molecule has 0 saturated heterocycles. The highest BCUT2D eigenvalue weighted by atomic mass is 16.5. The molecule has 1 atom stereocenters. The maximum absolute atomic E-state index is 11.3. The molecular weight excluding hydrogens is 346 g/mol. The van der Waals surface area contributed by atoms with E-state index in [1.807, 2.05) is 24.6 Å². The Morgan fingerprint density at radius 3 is 2.93 bits per heavy atom. The van der Waals surface area contributed by atoms with Crippen molar-refractivity contribution in [2.45, 2.75) is 26.0 Å². The smallest absolute Gasteiger partial charge is 0.163 e. The van der Waals surface area contributed by atoms with E-state index in [2.05, 4.69) is 10.1 Å². The molecule has 0 radical (unpaired) electrons. The molecule has 27 heavy (non-hydrogen) atoms. The van der Waals surface area contributed by atoms with Crippen molar-refractivity contribution < 1.29 is 19.4 Å². The zero-order chi connectivity index (χ0) is 19.0. The standard InChI is InChI=1S/C20H19N3O4/c1-12(2)23-14(6-9-22-23)20-19-17(7-8-21-20)26-11-18(19)27-16-5-3-4-15(25)13(16)10-24/h3-10,12,18,25H,11H2,1-2H3. The summed E-state index contributed by atoms with van der Waals surface area (Å²) in [5, 5.41) is 14.3. The molecule has 1 unspecified atom stereocenters. The fraction of sp³-hybridized carbons (Fsp3) is 0.250. The van der Waals surface area contributed by atoms with Crippen molar-refractivity contribution in [3.63, 3.8) is 0 Å². The number of pyridine rings is 1. The number of rotatable bonds is 5. The Morgan fingerprint density at radius 1 is 1.30 bits per heavy atom. The number of aromatic nitrogens is 3. The van der Waals surface area contributed by atoms with Gasteiger partial charge in [-0.25, -0.2) is 0 Å². The number of nitrogens with zero attached hydrogens (tertiary/aromatic N) is 3. The Balaban J connectivity index is 1.77. The predicted octanol–water partition coefficient (Wildman–Crippen LogP) is 3.56. The Bertz CT molecular complexity index is 997. The molecule has 2 aromatic heterocycles. The molecule has 4 rings (SSSR count). The molecule has 3 heterocycles. The summed E-state index contributed by atoms with van der Waals surface area (Å²) < 4.78 is 13.7. The zero-order valence-electron chi connectivity index (χ0n) is 15.0. The number of hydrogen-bond acceptors (Lipinski definition) is 6. The summed E-state index contributed by atoms with van der Waals surface area (Å²) in [4.78, 5) is 15.9. The van der Waals surface area contributed by atoms with Crippen LogP contribution in [0.15, 0.2) is 42.7 Å². The van der Waals surface area contributed by atoms with Gasteiger partial charge in [-0.05, 0) is 38.1 Å². The van der Waals surface area contributed by atoms with Crippen molar-refractivity contribution >= 4 is 6.29 Å². The highest BCUT2D eigenvalue weighted by molar-refractivity contribution is 5.83. The van der Waals surface area contributed by atoms with Crippen LogP contribution in [-0.4, -0.2) is 32.8 Å². The van der Waals surface area contributed by atoms with E-state index in [4.69, 9.17) is 9.47 Å². The van der Waals surface area contributed by atoms with Gasteiger partial charge in [-0.3, -0.25) is 14.5 Å². The highest BCUT2D eigenvalue weighted by Gasteiger charge is 2.32. The molecule has 7 heteroatoms. The van der Waals surface area contributed by atoms with Gasteiger partial charge < -0.3 is 14.6 Å². The number of phenols is 1. The minimum Gasteiger partial charge on any atom is -0.507 e. The Labute approximate surface area is 156 Å². The molecule has 0 aliphatic carbocycles. The van der Waals surface area contributed by atoms with E-state index >= 15 is 0 Å². The first-order valence-electron chi connectivity index (χ1n) is 8.69. The van der Waals surface area contributed by atoms with Crippen molar-refractivity contribution in [2.24, 2.45) is 0 Å². The number of phenolic OH excluding ortho intramolecular Hbond substituents is 1. The minimum atomic E-state index is -0.459. The molecule has 1 aromatic carbocycles. The Hall–Kier alpha value is -3.35. The van der Waals surface area contributed by atoms with Crippen LogP contribution in [-0.2, 0) is 0 Å². The van der Waals surface area contributed by atoms with E-state index < -0.39 is 6.10 Å². The van der Waals surface area contributed by atoms with E-state index in [1.54, 1.807) is 30.6 Å². The SMILES string of the molecule is CC(C)n1nccc1-c1nccc2c1C(Oc1cccc(O)c1C=O)CO2. The van der Waals surface area contributed by atoms with Gasteiger partial charge in [-0.2, -0.15) is 5.10 Å². The van der Waals surface area contributed by atoms with Gasteiger partial charge in [0.05, 0.1) is 22.5 Å². The maximum atomic E-state index is 11.3. The van der Waals surface area contributed by atoms with Crippen LogP contribution < -0.4 is 9.47 Å². The van der Waals surface area contributed by atoms with E-state index in [1.165, 1.54) is 6.07 Å². The van der Waals surface area contributed by atoms with E-state index in [-0.39, 0.29) is 24.0 Å². The number of ether oxygens (including phenoxy) is 2. The second kappa shape index (κ2) is 6.75. The number of carbonyl (C=O) groups excluding carboxylic acids is 1. The molecule has 1 aliphatic rings. The van der Waals surface area contributed by atoms with Gasteiger partial charge in [0.15, 0.2) is 12.4 Å². The quantitative estimate of drug-likeness (QED) is 0.696. The average molecular weight is 365 g/mol. The first-order chi connectivity index (χ1) is 13.1. The lowest BCUT2D eigenvalue weighted by Crippen LogP contribution is -2.12. The lowest BCUT2D eigenvalue weighted by atomic mass is 10.1. The molecule has 1 aliphatic heterocycles. The molecule has 138 valence electrons. The monoisotopic (exact) mass is 365 g/mol. The molecule has 0 saturated carbocycles. The molecule has 7 nitrogen and oxygen atoms in total. The predicted molar refractivity (Wildman–Crippen MR) is 98.2 cm³/mol. The fourth-order valence-electron chi connectivity index (χ4n) is 3.26. The lowest BCUT2D eigenvalue weighted by molar-refractivity contribution is 0.110. The summed E-state index contributed by atoms with van der Waals surface area (Å²) in [6.07, 6.45) is 3.56. The topological polar surface area (TPSA) is 86.5 Å². The van der Waals surface area contributed by atoms with Crippen LogP contribution in [0.3, 0.4) is 0 Å². The normalized spacial score (nSPS) is 15.4. The third-order valence-electron chi connectivity index (χ3n) is 4.49. The maximum Gasteiger partial charge on any atom is 0.163 e. The van der Waals surface area contributed by atoms with Gasteiger partial charge in [-0.1, -0.05) is 6.07 Å². The fourth-order valence-corrected chi connectivity index (χ4v) is 3.26. The van der Waals surface area contributed by atoms with Crippen molar-refractivity contribution in [1.82, 2.24) is 14.8 Å². The van der Waals surface area contributed by atoms with Crippen molar-refractivity contribution in [3.8, 4) is 28.6 Å². The third kappa shape index (κ3) is 2.91. The number of benzene rings is 1. The van der Waals surface area contributed by atoms with E-state index in [0.29, 0.717) is 17.8 Å². The molecule has 0 spiro atoms. The molecule has 1 N–H and O–H groups in total. The van der Waals surface area contributed by atoms with Crippen LogP contribution in [0.2, 0.25) is 0 Å². The van der Waals surface area contributed by atoms with Gasteiger partial charge in [0, 0.05) is 18.4 Å². The molecule has 0 amide bonds. The van der Waals surface area contributed by atoms with Gasteiger partial charge in [0.25, 0.3) is 0 Å². The summed E-state index contributed by atoms with van der Waals surface area (Å²) in [6, 6.07) is 8.60. The van der Waals surface area contributed by atoms with Gasteiger partial charge in [-0.15, -0.1) is 0 Å². The number of aldehydes is 1. The first kappa shape index (κ1) is 17.1. The molecular formula is C20H19N3O4. The van der Waals surface area contributed by atoms with E-state index in [9.17, 15) is 9.90 Å². The summed E-state index contributed by atoms with van der Waals surface area (Å²) in [5.74, 6) is 0.874. The van der Waals surface area contributed by atoms with Crippen LogP contribution in [0.1, 0.15) is 41.9 Å². The Kier molecular flexibility index (Phi) is 4.27. The van der Waals surface area contributed by atoms with Gasteiger partial charge in [0.2, 0.25) is 0 Å². The van der Waals surface area contributed by atoms with Crippen LogP contribution in [0, 0.1) is 0 Å². The molecule has 3 aromatic rings. The number of aromatic hydroxyl groups is 1. The second-order valence-corrected chi connectivity index (χ2v) is 6.55. The third-order valence-corrected chi connectivity index (χ3v) is 4.49. The molecule has 0 bridgehead atoms. The summed E-state index contributed by atoms with van der Waals surface area (Å²) >= 11 is 0. The zero-order valence-corrected chi connectivity index (χ0v) is 15.0.